The first kappa shape index (κ1) is 16.1. The average molecular weight is 331 g/mol. The van der Waals surface area contributed by atoms with Crippen molar-refractivity contribution in [1.29, 1.82) is 0 Å². The molecule has 2 aliphatic rings. The van der Waals surface area contributed by atoms with Gasteiger partial charge in [0.05, 0.1) is 17.2 Å². The van der Waals surface area contributed by atoms with Gasteiger partial charge in [0.1, 0.15) is 11.6 Å². The standard InChI is InChI=1S/C17H15F2N3O2/c1-21(2)16(23)11-5-12(6-11)17(24)22-15(3-4-20-22)10-7-13(18)9-14(19)8-10/h4,7-9,15H,3,5H2,1-2H3. The summed E-state index contributed by atoms with van der Waals surface area (Å²) in [4.78, 5) is 25.7. The van der Waals surface area contributed by atoms with E-state index >= 15 is 0 Å². The van der Waals surface area contributed by atoms with Crippen molar-refractivity contribution in [2.24, 2.45) is 5.10 Å². The molecular weight excluding hydrogens is 316 g/mol. The lowest BCUT2D eigenvalue weighted by Gasteiger charge is -2.25. The Hall–Kier alpha value is -2.79. The van der Waals surface area contributed by atoms with E-state index in [4.69, 9.17) is 0 Å². The van der Waals surface area contributed by atoms with Gasteiger partial charge in [0, 0.05) is 39.2 Å². The summed E-state index contributed by atoms with van der Waals surface area (Å²) in [6.45, 7) is 0. The highest BCUT2D eigenvalue weighted by Gasteiger charge is 2.34. The Morgan fingerprint density at radius 3 is 2.42 bits per heavy atom. The van der Waals surface area contributed by atoms with E-state index in [9.17, 15) is 18.4 Å². The van der Waals surface area contributed by atoms with Crippen LogP contribution in [0.5, 0.6) is 0 Å². The lowest BCUT2D eigenvalue weighted by molar-refractivity contribution is -0.129. The highest BCUT2D eigenvalue weighted by atomic mass is 19.1. The van der Waals surface area contributed by atoms with E-state index < -0.39 is 23.6 Å². The number of amides is 2. The van der Waals surface area contributed by atoms with Crippen molar-refractivity contribution in [1.82, 2.24) is 9.91 Å². The van der Waals surface area contributed by atoms with Crippen LogP contribution < -0.4 is 0 Å². The zero-order valence-electron chi connectivity index (χ0n) is 13.2. The number of benzene rings is 1. The van der Waals surface area contributed by atoms with Gasteiger partial charge in [-0.3, -0.25) is 9.59 Å². The molecule has 0 spiro atoms. The van der Waals surface area contributed by atoms with Crippen LogP contribution in [0.4, 0.5) is 8.78 Å². The summed E-state index contributed by atoms with van der Waals surface area (Å²) < 4.78 is 26.8. The highest BCUT2D eigenvalue weighted by molar-refractivity contribution is 6.03. The lowest BCUT2D eigenvalue weighted by atomic mass is 9.94. The van der Waals surface area contributed by atoms with Crippen LogP contribution in [0.25, 0.3) is 0 Å². The summed E-state index contributed by atoms with van der Waals surface area (Å²) in [6, 6.07) is 2.59. The predicted octanol–water partition coefficient (Wildman–Crippen LogP) is 2.17. The van der Waals surface area contributed by atoms with Gasteiger partial charge in [-0.25, -0.2) is 13.8 Å². The fourth-order valence-corrected chi connectivity index (χ4v) is 2.66. The molecule has 2 amide bonds. The molecule has 7 heteroatoms. The number of halogens is 2. The van der Waals surface area contributed by atoms with E-state index in [0.29, 0.717) is 23.1 Å². The molecule has 0 saturated heterocycles. The molecule has 0 aromatic heterocycles. The molecule has 0 N–H and O–H groups in total. The minimum absolute atomic E-state index is 0.194. The number of nitrogens with zero attached hydrogens (tertiary/aromatic N) is 3. The summed E-state index contributed by atoms with van der Waals surface area (Å²) in [6.07, 6.45) is 2.11. The van der Waals surface area contributed by atoms with Crippen LogP contribution in [0.15, 0.2) is 40.2 Å². The van der Waals surface area contributed by atoms with E-state index in [2.05, 4.69) is 10.8 Å². The van der Waals surface area contributed by atoms with E-state index in [1.807, 2.05) is 0 Å². The third-order valence-corrected chi connectivity index (χ3v) is 3.89. The first-order valence-electron chi connectivity index (χ1n) is 7.39. The van der Waals surface area contributed by atoms with Crippen LogP contribution in [-0.4, -0.2) is 42.0 Å². The molecule has 1 aromatic carbocycles. The smallest absolute Gasteiger partial charge is 0.278 e. The normalized spacial score (nSPS) is 18.8. The molecule has 124 valence electrons. The molecule has 3 rings (SSSR count). The number of carbonyl (C=O) groups is 2. The highest BCUT2D eigenvalue weighted by Crippen LogP contribution is 2.33. The summed E-state index contributed by atoms with van der Waals surface area (Å²) in [5, 5.41) is 5.20. The molecule has 1 atom stereocenters. The second-order valence-electron chi connectivity index (χ2n) is 5.86. The molecule has 1 unspecified atom stereocenters. The molecule has 24 heavy (non-hydrogen) atoms. The Labute approximate surface area is 137 Å². The van der Waals surface area contributed by atoms with Crippen LogP contribution in [0.2, 0.25) is 0 Å². The van der Waals surface area contributed by atoms with Gasteiger partial charge < -0.3 is 4.90 Å². The molecule has 0 saturated carbocycles. The number of carbonyl (C=O) groups excluding carboxylic acids is 2. The zero-order valence-corrected chi connectivity index (χ0v) is 13.2. The van der Waals surface area contributed by atoms with Gasteiger partial charge in [0.15, 0.2) is 0 Å². The third-order valence-electron chi connectivity index (χ3n) is 3.89. The molecule has 5 nitrogen and oxygen atoms in total. The molecule has 0 bridgehead atoms. The van der Waals surface area contributed by atoms with Crippen LogP contribution in [-0.2, 0) is 9.59 Å². The third kappa shape index (κ3) is 2.86. The van der Waals surface area contributed by atoms with Crippen molar-refractivity contribution in [3.8, 4) is 0 Å². The molecule has 0 radical (unpaired) electrons. The minimum Gasteiger partial charge on any atom is -0.345 e. The number of hydrogen-bond acceptors (Lipinski definition) is 3. The van der Waals surface area contributed by atoms with Crippen LogP contribution in [0.1, 0.15) is 24.4 Å². The maximum absolute atomic E-state index is 13.4. The summed E-state index contributed by atoms with van der Waals surface area (Å²) >= 11 is 0. The molecule has 1 aliphatic carbocycles. The van der Waals surface area contributed by atoms with Crippen molar-refractivity contribution >= 4 is 18.0 Å². The van der Waals surface area contributed by atoms with Gasteiger partial charge in [-0.15, -0.1) is 5.73 Å². The monoisotopic (exact) mass is 331 g/mol. The second kappa shape index (κ2) is 6.02. The van der Waals surface area contributed by atoms with Crippen LogP contribution >= 0.6 is 0 Å². The maximum atomic E-state index is 13.4. The van der Waals surface area contributed by atoms with Crippen molar-refractivity contribution in [2.75, 3.05) is 14.1 Å². The number of rotatable bonds is 3. The van der Waals surface area contributed by atoms with E-state index in [1.54, 1.807) is 14.1 Å². The van der Waals surface area contributed by atoms with Crippen molar-refractivity contribution in [3.05, 3.63) is 52.3 Å². The van der Waals surface area contributed by atoms with Crippen molar-refractivity contribution in [2.45, 2.75) is 18.9 Å². The Kier molecular flexibility index (Phi) is 4.03. The summed E-state index contributed by atoms with van der Waals surface area (Å²) in [7, 11) is 3.24. The molecule has 0 fully saturated rings. The first-order chi connectivity index (χ1) is 11.4. The topological polar surface area (TPSA) is 53.0 Å². The average Bonchev–Trinajstić information content (AvgIpc) is 2.93. The van der Waals surface area contributed by atoms with E-state index in [-0.39, 0.29) is 12.3 Å². The Morgan fingerprint density at radius 2 is 1.83 bits per heavy atom. The van der Waals surface area contributed by atoms with Gasteiger partial charge in [0.25, 0.3) is 11.8 Å². The number of hydrogen-bond donors (Lipinski definition) is 0. The van der Waals surface area contributed by atoms with E-state index in [0.717, 1.165) is 6.07 Å². The molecule has 1 aliphatic heterocycles. The van der Waals surface area contributed by atoms with Gasteiger partial charge in [-0.05, 0) is 17.7 Å². The zero-order chi connectivity index (χ0) is 17.4. The predicted molar refractivity (Wildman–Crippen MR) is 82.9 cm³/mol. The lowest BCUT2D eigenvalue weighted by Crippen LogP contribution is -2.32. The largest absolute Gasteiger partial charge is 0.345 e. The van der Waals surface area contributed by atoms with Gasteiger partial charge in [-0.1, -0.05) is 0 Å². The number of hydrazone groups is 1. The number of likely N-dealkylation sites (N-methyl/N-ethyl adjacent to an activating group) is 1. The van der Waals surface area contributed by atoms with Crippen LogP contribution in [0.3, 0.4) is 0 Å². The van der Waals surface area contributed by atoms with Gasteiger partial charge in [0.2, 0.25) is 0 Å². The Balaban J connectivity index is 1.84. The van der Waals surface area contributed by atoms with E-state index in [1.165, 1.54) is 28.3 Å². The maximum Gasteiger partial charge on any atom is 0.278 e. The summed E-state index contributed by atoms with van der Waals surface area (Å²) in [5.74, 6) is -2.01. The SMILES string of the molecule is CN(C)C(=O)C1=C=C(C(=O)N2N=CCC2c2cc(F)cc(F)c2)C1. The fourth-order valence-electron chi connectivity index (χ4n) is 2.66. The quantitative estimate of drug-likeness (QED) is 0.797. The first-order valence-corrected chi connectivity index (χ1v) is 7.39. The van der Waals surface area contributed by atoms with Gasteiger partial charge >= 0.3 is 0 Å². The Bertz CT molecular complexity index is 803. The Morgan fingerprint density at radius 1 is 1.21 bits per heavy atom. The fraction of sp³-hybridized carbons (Fsp3) is 0.294. The molecule has 1 heterocycles. The molecule has 1 aromatic rings. The van der Waals surface area contributed by atoms with Crippen LogP contribution in [0, 0.1) is 11.6 Å². The second-order valence-corrected chi connectivity index (χ2v) is 5.86. The van der Waals surface area contributed by atoms with Gasteiger partial charge in [-0.2, -0.15) is 5.10 Å². The molecular formula is C17H15F2N3O2. The summed E-state index contributed by atoms with van der Waals surface area (Å²) in [5.41, 5.74) is 3.87. The minimum atomic E-state index is -0.703. The van der Waals surface area contributed by atoms with Crippen molar-refractivity contribution in [3.63, 3.8) is 0 Å². The van der Waals surface area contributed by atoms with Crippen molar-refractivity contribution < 1.29 is 18.4 Å².